The van der Waals surface area contributed by atoms with Crippen molar-refractivity contribution >= 4 is 11.3 Å². The summed E-state index contributed by atoms with van der Waals surface area (Å²) in [5.41, 5.74) is 2.04. The number of benzene rings is 1. The molecule has 0 aliphatic carbocycles. The summed E-state index contributed by atoms with van der Waals surface area (Å²) in [7, 11) is 0. The molecule has 0 aliphatic heterocycles. The van der Waals surface area contributed by atoms with Gasteiger partial charge in [0.2, 0.25) is 0 Å². The van der Waals surface area contributed by atoms with Crippen LogP contribution in [0.3, 0.4) is 0 Å². The van der Waals surface area contributed by atoms with Crippen molar-refractivity contribution in [2.24, 2.45) is 0 Å². The lowest BCUT2D eigenvalue weighted by molar-refractivity contribution is -0.384. The van der Waals surface area contributed by atoms with Crippen molar-refractivity contribution in [3.05, 3.63) is 76.2 Å². The monoisotopic (exact) mass is 342 g/mol. The maximum Gasteiger partial charge on any atom is 0.269 e. The number of imidazole rings is 1. The van der Waals surface area contributed by atoms with Crippen molar-refractivity contribution in [2.45, 2.75) is 18.7 Å². The number of hydrogen-bond donors (Lipinski definition) is 3. The van der Waals surface area contributed by atoms with Crippen molar-refractivity contribution in [1.82, 2.24) is 14.7 Å². The second-order valence-electron chi connectivity index (χ2n) is 5.66. The normalized spacial score (nSPS) is 13.7. The van der Waals surface area contributed by atoms with Crippen LogP contribution in [0.1, 0.15) is 17.4 Å². The van der Waals surface area contributed by atoms with Crippen molar-refractivity contribution in [2.75, 3.05) is 6.61 Å². The number of nitro groups is 1. The molecule has 0 radical (unpaired) electrons. The third-order valence-electron chi connectivity index (χ3n) is 3.98. The van der Waals surface area contributed by atoms with Crippen LogP contribution < -0.4 is 5.32 Å². The van der Waals surface area contributed by atoms with Gasteiger partial charge in [0.05, 0.1) is 29.4 Å². The Kier molecular flexibility index (Phi) is 5.03. The largest absolute Gasteiger partial charge is 0.395 e. The highest BCUT2D eigenvalue weighted by Gasteiger charge is 2.21. The molecule has 0 bridgehead atoms. The van der Waals surface area contributed by atoms with Crippen LogP contribution in [-0.4, -0.2) is 37.2 Å². The van der Waals surface area contributed by atoms with Crippen molar-refractivity contribution in [1.29, 1.82) is 0 Å². The van der Waals surface area contributed by atoms with Crippen molar-refractivity contribution < 1.29 is 15.1 Å². The molecule has 130 valence electrons. The van der Waals surface area contributed by atoms with E-state index in [1.54, 1.807) is 0 Å². The van der Waals surface area contributed by atoms with Gasteiger partial charge < -0.3 is 19.9 Å². The molecule has 0 spiro atoms. The molecule has 2 heterocycles. The van der Waals surface area contributed by atoms with Crippen LogP contribution in [-0.2, 0) is 6.54 Å². The summed E-state index contributed by atoms with van der Waals surface area (Å²) in [5.74, 6) is 0. The second kappa shape index (κ2) is 7.39. The SMILES string of the molecule is O=[N+]([O-])c1ccc(C(O)C(CO)NCc2cn3ccccc3n2)cc1. The molecule has 8 nitrogen and oxygen atoms in total. The second-order valence-corrected chi connectivity index (χ2v) is 5.66. The Morgan fingerprint density at radius 2 is 2.00 bits per heavy atom. The van der Waals surface area contributed by atoms with E-state index < -0.39 is 17.1 Å². The lowest BCUT2D eigenvalue weighted by Crippen LogP contribution is -2.37. The molecule has 0 aliphatic rings. The van der Waals surface area contributed by atoms with Gasteiger partial charge in [-0.3, -0.25) is 10.1 Å². The van der Waals surface area contributed by atoms with E-state index in [1.165, 1.54) is 24.3 Å². The minimum atomic E-state index is -0.997. The number of non-ortho nitro benzene ring substituents is 1. The van der Waals surface area contributed by atoms with Gasteiger partial charge in [-0.2, -0.15) is 0 Å². The zero-order chi connectivity index (χ0) is 17.8. The molecule has 8 heteroatoms. The molecule has 0 saturated heterocycles. The van der Waals surface area contributed by atoms with Gasteiger partial charge in [-0.1, -0.05) is 6.07 Å². The Morgan fingerprint density at radius 1 is 1.24 bits per heavy atom. The number of nitro benzene ring substituents is 1. The van der Waals surface area contributed by atoms with E-state index in [4.69, 9.17) is 0 Å². The standard InChI is InChI=1S/C17H18N4O4/c22-11-15(17(23)12-4-6-14(7-5-12)21(24)25)18-9-13-10-20-8-2-1-3-16(20)19-13/h1-8,10,15,17-18,22-23H,9,11H2. The first-order valence-corrected chi connectivity index (χ1v) is 7.78. The first-order valence-electron chi connectivity index (χ1n) is 7.78. The molecule has 0 saturated carbocycles. The first kappa shape index (κ1) is 17.0. The fourth-order valence-corrected chi connectivity index (χ4v) is 2.61. The van der Waals surface area contributed by atoms with Crippen LogP contribution in [0, 0.1) is 10.1 Å². The highest BCUT2D eigenvalue weighted by atomic mass is 16.6. The van der Waals surface area contributed by atoms with Gasteiger partial charge in [0.15, 0.2) is 0 Å². The van der Waals surface area contributed by atoms with Crippen LogP contribution in [0.25, 0.3) is 5.65 Å². The zero-order valence-corrected chi connectivity index (χ0v) is 13.3. The first-order chi connectivity index (χ1) is 12.1. The Morgan fingerprint density at radius 3 is 2.64 bits per heavy atom. The van der Waals surface area contributed by atoms with Gasteiger partial charge in [-0.05, 0) is 29.8 Å². The van der Waals surface area contributed by atoms with Gasteiger partial charge >= 0.3 is 0 Å². The highest BCUT2D eigenvalue weighted by Crippen LogP contribution is 2.20. The minimum absolute atomic E-state index is 0.0471. The molecule has 2 aromatic heterocycles. The molecule has 2 atom stereocenters. The van der Waals surface area contributed by atoms with Crippen LogP contribution in [0.4, 0.5) is 5.69 Å². The molecule has 2 unspecified atom stereocenters. The molecule has 3 N–H and O–H groups in total. The highest BCUT2D eigenvalue weighted by molar-refractivity contribution is 5.39. The summed E-state index contributed by atoms with van der Waals surface area (Å²) < 4.78 is 1.89. The third kappa shape index (κ3) is 3.82. The number of pyridine rings is 1. The number of nitrogens with zero attached hydrogens (tertiary/aromatic N) is 3. The Bertz CT molecular complexity index is 829. The van der Waals surface area contributed by atoms with Gasteiger partial charge in [-0.25, -0.2) is 4.98 Å². The summed E-state index contributed by atoms with van der Waals surface area (Å²) >= 11 is 0. The summed E-state index contributed by atoms with van der Waals surface area (Å²) in [5, 5.41) is 33.7. The third-order valence-corrected chi connectivity index (χ3v) is 3.98. The fourth-order valence-electron chi connectivity index (χ4n) is 2.61. The number of hydrogen-bond acceptors (Lipinski definition) is 6. The van der Waals surface area contributed by atoms with Crippen LogP contribution in [0.5, 0.6) is 0 Å². The predicted octanol–water partition coefficient (Wildman–Crippen LogP) is 1.43. The number of nitrogens with one attached hydrogen (secondary N) is 1. The summed E-state index contributed by atoms with van der Waals surface area (Å²) in [6, 6.07) is 10.7. The Balaban J connectivity index is 1.67. The van der Waals surface area contributed by atoms with E-state index in [1.807, 2.05) is 35.0 Å². The van der Waals surface area contributed by atoms with E-state index >= 15 is 0 Å². The molecule has 25 heavy (non-hydrogen) atoms. The van der Waals surface area contributed by atoms with E-state index in [0.717, 1.165) is 11.3 Å². The van der Waals surface area contributed by atoms with Gasteiger partial charge in [0, 0.05) is 31.1 Å². The van der Waals surface area contributed by atoms with E-state index in [9.17, 15) is 20.3 Å². The lowest BCUT2D eigenvalue weighted by atomic mass is 10.0. The Labute approximate surface area is 143 Å². The van der Waals surface area contributed by atoms with Crippen LogP contribution >= 0.6 is 0 Å². The van der Waals surface area contributed by atoms with Crippen LogP contribution in [0.15, 0.2) is 54.9 Å². The summed E-state index contributed by atoms with van der Waals surface area (Å²) in [6.45, 7) is 0.0858. The number of rotatable bonds is 7. The average molecular weight is 342 g/mol. The number of fused-ring (bicyclic) bond motifs is 1. The minimum Gasteiger partial charge on any atom is -0.395 e. The quantitative estimate of drug-likeness (QED) is 0.442. The van der Waals surface area contributed by atoms with Gasteiger partial charge in [0.25, 0.3) is 5.69 Å². The average Bonchev–Trinajstić information content (AvgIpc) is 3.05. The molecular weight excluding hydrogens is 324 g/mol. The summed E-state index contributed by atoms with van der Waals surface area (Å²) in [6.07, 6.45) is 2.76. The smallest absolute Gasteiger partial charge is 0.269 e. The molecule has 0 fully saturated rings. The maximum absolute atomic E-state index is 10.7. The Hall–Kier alpha value is -2.81. The van der Waals surface area contributed by atoms with Gasteiger partial charge in [0.1, 0.15) is 5.65 Å². The number of aliphatic hydroxyl groups is 2. The lowest BCUT2D eigenvalue weighted by Gasteiger charge is -2.22. The van der Waals surface area contributed by atoms with E-state index in [-0.39, 0.29) is 12.3 Å². The molecular formula is C17H18N4O4. The van der Waals surface area contributed by atoms with E-state index in [0.29, 0.717) is 12.1 Å². The van der Waals surface area contributed by atoms with E-state index in [2.05, 4.69) is 10.3 Å². The maximum atomic E-state index is 10.7. The molecule has 3 rings (SSSR count). The molecule has 0 amide bonds. The molecule has 1 aromatic carbocycles. The molecule has 3 aromatic rings. The van der Waals surface area contributed by atoms with Crippen LogP contribution in [0.2, 0.25) is 0 Å². The number of aliphatic hydroxyl groups excluding tert-OH is 2. The fraction of sp³-hybridized carbons (Fsp3) is 0.235. The zero-order valence-electron chi connectivity index (χ0n) is 13.3. The van der Waals surface area contributed by atoms with Crippen molar-refractivity contribution in [3.8, 4) is 0 Å². The summed E-state index contributed by atoms with van der Waals surface area (Å²) in [4.78, 5) is 14.6. The topological polar surface area (TPSA) is 113 Å². The van der Waals surface area contributed by atoms with Crippen molar-refractivity contribution in [3.63, 3.8) is 0 Å². The number of aromatic nitrogens is 2. The van der Waals surface area contributed by atoms with Gasteiger partial charge in [-0.15, -0.1) is 0 Å². The predicted molar refractivity (Wildman–Crippen MR) is 91.0 cm³/mol.